The number of rotatable bonds is 8. The smallest absolute Gasteiger partial charge is 0.309 e. The van der Waals surface area contributed by atoms with Crippen molar-refractivity contribution in [2.24, 2.45) is 5.92 Å². The number of carbonyl (C=O) groups excluding carboxylic acids is 2. The molecule has 2 aliphatic heterocycles. The van der Waals surface area contributed by atoms with Crippen molar-refractivity contribution in [2.75, 3.05) is 24.6 Å². The Kier molecular flexibility index (Phi) is 9.25. The van der Waals surface area contributed by atoms with E-state index in [9.17, 15) is 19.6 Å². The molecule has 39 heavy (non-hydrogen) atoms. The fourth-order valence-electron chi connectivity index (χ4n) is 5.04. The number of benzene rings is 1. The predicted molar refractivity (Wildman–Crippen MR) is 157 cm³/mol. The molecule has 10 heteroatoms. The van der Waals surface area contributed by atoms with Crippen LogP contribution in [0.3, 0.4) is 0 Å². The van der Waals surface area contributed by atoms with Crippen LogP contribution >= 0.6 is 24.0 Å². The Balaban J connectivity index is 1.76. The molecule has 1 amide bonds. The van der Waals surface area contributed by atoms with E-state index in [1.807, 2.05) is 37.3 Å². The molecule has 0 N–H and O–H groups in total. The van der Waals surface area contributed by atoms with Crippen LogP contribution in [0.4, 0.5) is 5.82 Å². The first kappa shape index (κ1) is 28.6. The number of hydrogen-bond acceptors (Lipinski definition) is 8. The number of piperidine rings is 1. The summed E-state index contributed by atoms with van der Waals surface area (Å²) in [7, 11) is 0. The second-order valence-electron chi connectivity index (χ2n) is 9.57. The molecule has 2 aromatic rings. The molecule has 2 aliphatic rings. The Morgan fingerprint density at radius 2 is 1.90 bits per heavy atom. The molecule has 1 aromatic carbocycles. The lowest BCUT2D eigenvalue weighted by molar-refractivity contribution is -0.148. The second-order valence-corrected chi connectivity index (χ2v) is 11.2. The average molecular weight is 565 g/mol. The summed E-state index contributed by atoms with van der Waals surface area (Å²) in [4.78, 5) is 43.3. The highest BCUT2D eigenvalue weighted by molar-refractivity contribution is 8.26. The Labute approximate surface area is 238 Å². The maximum absolute atomic E-state index is 13.5. The molecule has 4 rings (SSSR count). The monoisotopic (exact) mass is 564 g/mol. The second kappa shape index (κ2) is 12.6. The van der Waals surface area contributed by atoms with Crippen molar-refractivity contribution in [3.63, 3.8) is 0 Å². The zero-order valence-corrected chi connectivity index (χ0v) is 24.1. The van der Waals surface area contributed by atoms with E-state index >= 15 is 0 Å². The number of pyridine rings is 1. The van der Waals surface area contributed by atoms with Gasteiger partial charge in [-0.25, -0.2) is 0 Å². The van der Waals surface area contributed by atoms with Crippen molar-refractivity contribution < 1.29 is 14.3 Å². The SMILES string of the molecule is CCCn1c(N2CCC(C(=O)OCC)CC2)c(/C=C2\SC(=S)N(Cc3ccccc3)C2=O)c(C)c(C#N)c1=O. The minimum Gasteiger partial charge on any atom is -0.466 e. The average Bonchev–Trinajstić information content (AvgIpc) is 3.20. The zero-order chi connectivity index (χ0) is 28.1. The first-order valence-corrected chi connectivity index (χ1v) is 14.4. The maximum Gasteiger partial charge on any atom is 0.309 e. The lowest BCUT2D eigenvalue weighted by Crippen LogP contribution is -2.41. The van der Waals surface area contributed by atoms with Crippen LogP contribution in [0, 0.1) is 24.2 Å². The number of nitrogens with zero attached hydrogens (tertiary/aromatic N) is 4. The number of esters is 1. The van der Waals surface area contributed by atoms with Crippen LogP contribution in [0.2, 0.25) is 0 Å². The fraction of sp³-hybridized carbons (Fsp3) is 0.414. The van der Waals surface area contributed by atoms with Gasteiger partial charge in [0, 0.05) is 25.2 Å². The normalized spacial score (nSPS) is 17.1. The first-order valence-electron chi connectivity index (χ1n) is 13.2. The van der Waals surface area contributed by atoms with Crippen molar-refractivity contribution in [3.05, 3.63) is 67.8 Å². The molecule has 0 saturated carbocycles. The van der Waals surface area contributed by atoms with E-state index in [4.69, 9.17) is 17.0 Å². The van der Waals surface area contributed by atoms with Crippen molar-refractivity contribution in [3.8, 4) is 6.07 Å². The third-order valence-corrected chi connectivity index (χ3v) is 8.42. The van der Waals surface area contributed by atoms with Crippen LogP contribution in [0.15, 0.2) is 40.0 Å². The summed E-state index contributed by atoms with van der Waals surface area (Å²) < 4.78 is 7.34. The standard InChI is InChI=1S/C29H32N4O4S2/c1-4-13-32-25(31-14-11-21(12-15-31)28(36)37-5-2)22(19(3)23(17-30)26(32)34)16-24-27(35)33(29(38)39-24)18-20-9-7-6-8-10-20/h6-10,16,21H,4-5,11-15,18H2,1-3H3/b24-16-. The molecule has 0 aliphatic carbocycles. The van der Waals surface area contributed by atoms with Gasteiger partial charge in [-0.2, -0.15) is 5.26 Å². The van der Waals surface area contributed by atoms with Crippen molar-refractivity contribution >= 4 is 52.1 Å². The lowest BCUT2D eigenvalue weighted by Gasteiger charge is -2.35. The van der Waals surface area contributed by atoms with Gasteiger partial charge in [0.15, 0.2) is 0 Å². The van der Waals surface area contributed by atoms with Crippen LogP contribution in [0.25, 0.3) is 6.08 Å². The minimum absolute atomic E-state index is 0.0691. The number of carbonyl (C=O) groups is 2. The molecule has 0 bridgehead atoms. The van der Waals surface area contributed by atoms with Gasteiger partial charge in [0.25, 0.3) is 11.5 Å². The van der Waals surface area contributed by atoms with Crippen molar-refractivity contribution in [2.45, 2.75) is 53.1 Å². The number of anilines is 1. The number of amides is 1. The van der Waals surface area contributed by atoms with E-state index < -0.39 is 0 Å². The summed E-state index contributed by atoms with van der Waals surface area (Å²) in [6.45, 7) is 7.76. The van der Waals surface area contributed by atoms with Crippen LogP contribution in [-0.2, 0) is 27.4 Å². The summed E-state index contributed by atoms with van der Waals surface area (Å²) in [5.74, 6) is 0.0899. The van der Waals surface area contributed by atoms with Crippen LogP contribution in [0.1, 0.15) is 55.4 Å². The Bertz CT molecular complexity index is 1400. The number of hydrogen-bond donors (Lipinski definition) is 0. The highest BCUT2D eigenvalue weighted by Crippen LogP contribution is 2.37. The summed E-state index contributed by atoms with van der Waals surface area (Å²) in [5, 5.41) is 9.87. The minimum atomic E-state index is -0.340. The van der Waals surface area contributed by atoms with E-state index in [1.54, 1.807) is 29.4 Å². The molecule has 0 unspecified atom stereocenters. The first-order chi connectivity index (χ1) is 18.8. The topological polar surface area (TPSA) is 95.6 Å². The van der Waals surface area contributed by atoms with Gasteiger partial charge in [-0.3, -0.25) is 23.9 Å². The maximum atomic E-state index is 13.5. The van der Waals surface area contributed by atoms with E-state index in [0.717, 1.165) is 5.56 Å². The number of thiocarbonyl (C=S) groups is 1. The zero-order valence-electron chi connectivity index (χ0n) is 22.4. The van der Waals surface area contributed by atoms with Gasteiger partial charge in [0.05, 0.1) is 24.0 Å². The highest BCUT2D eigenvalue weighted by Gasteiger charge is 2.34. The van der Waals surface area contributed by atoms with Gasteiger partial charge < -0.3 is 9.64 Å². The largest absolute Gasteiger partial charge is 0.466 e. The third kappa shape index (κ3) is 5.94. The van der Waals surface area contributed by atoms with E-state index in [-0.39, 0.29) is 28.9 Å². The summed E-state index contributed by atoms with van der Waals surface area (Å²) in [5.41, 5.74) is 1.90. The molecule has 0 radical (unpaired) electrons. The summed E-state index contributed by atoms with van der Waals surface area (Å²) in [6.07, 6.45) is 3.66. The predicted octanol–water partition coefficient (Wildman–Crippen LogP) is 4.62. The molecule has 8 nitrogen and oxygen atoms in total. The summed E-state index contributed by atoms with van der Waals surface area (Å²) >= 11 is 6.79. The Morgan fingerprint density at radius 1 is 1.21 bits per heavy atom. The van der Waals surface area contributed by atoms with E-state index in [1.165, 1.54) is 11.8 Å². The highest BCUT2D eigenvalue weighted by atomic mass is 32.2. The Hall–Kier alpha value is -3.42. The molecule has 0 atom stereocenters. The third-order valence-electron chi connectivity index (χ3n) is 7.04. The van der Waals surface area contributed by atoms with Crippen LogP contribution in [0.5, 0.6) is 0 Å². The quantitative estimate of drug-likeness (QED) is 0.260. The molecule has 0 spiro atoms. The molecule has 1 aromatic heterocycles. The molecular formula is C29H32N4O4S2. The number of nitriles is 1. The molecule has 204 valence electrons. The van der Waals surface area contributed by atoms with Crippen LogP contribution in [-0.4, -0.2) is 45.4 Å². The van der Waals surface area contributed by atoms with Crippen molar-refractivity contribution in [1.82, 2.24) is 9.47 Å². The van der Waals surface area contributed by atoms with Gasteiger partial charge >= 0.3 is 5.97 Å². The van der Waals surface area contributed by atoms with Crippen LogP contribution < -0.4 is 10.5 Å². The van der Waals surface area contributed by atoms with Gasteiger partial charge in [0.2, 0.25) is 0 Å². The van der Waals surface area contributed by atoms with Crippen molar-refractivity contribution in [1.29, 1.82) is 5.26 Å². The fourth-order valence-corrected chi connectivity index (χ4v) is 6.27. The molecule has 2 fully saturated rings. The summed E-state index contributed by atoms with van der Waals surface area (Å²) in [6, 6.07) is 11.7. The molecule has 2 saturated heterocycles. The lowest BCUT2D eigenvalue weighted by atomic mass is 9.95. The number of ether oxygens (including phenoxy) is 1. The number of thioether (sulfide) groups is 1. The Morgan fingerprint density at radius 3 is 2.51 bits per heavy atom. The van der Waals surface area contributed by atoms with Gasteiger partial charge in [0.1, 0.15) is 21.8 Å². The molecule has 3 heterocycles. The van der Waals surface area contributed by atoms with Gasteiger partial charge in [-0.05, 0) is 50.3 Å². The van der Waals surface area contributed by atoms with E-state index in [0.29, 0.717) is 78.2 Å². The van der Waals surface area contributed by atoms with Gasteiger partial charge in [-0.1, -0.05) is 61.2 Å². The van der Waals surface area contributed by atoms with E-state index in [2.05, 4.69) is 11.0 Å². The molecular weight excluding hydrogens is 532 g/mol. The van der Waals surface area contributed by atoms with Gasteiger partial charge in [-0.15, -0.1) is 0 Å². The number of aromatic nitrogens is 1.